The van der Waals surface area contributed by atoms with Crippen molar-refractivity contribution in [2.24, 2.45) is 0 Å². The van der Waals surface area contributed by atoms with Crippen LogP contribution in [0.25, 0.3) is 0 Å². The van der Waals surface area contributed by atoms with Gasteiger partial charge in [-0.1, -0.05) is 12.8 Å². The molecule has 0 aliphatic heterocycles. The van der Waals surface area contributed by atoms with Crippen LogP contribution in [-0.4, -0.2) is 9.97 Å². The van der Waals surface area contributed by atoms with Gasteiger partial charge in [0, 0.05) is 12.4 Å². The average molecular weight is 173 g/mol. The molecule has 0 amide bonds. The van der Waals surface area contributed by atoms with Gasteiger partial charge in [0.2, 0.25) is 5.82 Å². The Morgan fingerprint density at radius 2 is 1.85 bits per heavy atom. The van der Waals surface area contributed by atoms with Crippen LogP contribution >= 0.6 is 0 Å². The molecule has 1 heterocycles. The van der Waals surface area contributed by atoms with Gasteiger partial charge in [-0.3, -0.25) is 0 Å². The smallest absolute Gasteiger partial charge is 0.227 e. The number of nitriles is 1. The van der Waals surface area contributed by atoms with Gasteiger partial charge < -0.3 is 0 Å². The Labute approximate surface area is 77.4 Å². The van der Waals surface area contributed by atoms with Crippen LogP contribution < -0.4 is 0 Å². The zero-order valence-corrected chi connectivity index (χ0v) is 7.40. The molecular formula is C10H11N3. The Bertz CT molecular complexity index is 317. The minimum Gasteiger partial charge on any atom is -0.227 e. The molecule has 0 bridgehead atoms. The van der Waals surface area contributed by atoms with E-state index in [2.05, 4.69) is 9.97 Å². The number of nitrogens with zero attached hydrogens (tertiary/aromatic N) is 3. The van der Waals surface area contributed by atoms with Crippen molar-refractivity contribution in [1.29, 1.82) is 5.26 Å². The summed E-state index contributed by atoms with van der Waals surface area (Å²) < 4.78 is 0. The molecule has 0 aromatic carbocycles. The Kier molecular flexibility index (Phi) is 2.22. The van der Waals surface area contributed by atoms with Crippen molar-refractivity contribution in [3.05, 3.63) is 23.8 Å². The average Bonchev–Trinajstić information content (AvgIpc) is 2.71. The lowest BCUT2D eigenvalue weighted by Gasteiger charge is -2.06. The first-order chi connectivity index (χ1) is 6.40. The van der Waals surface area contributed by atoms with Crippen LogP contribution in [-0.2, 0) is 0 Å². The normalized spacial score (nSPS) is 17.2. The second kappa shape index (κ2) is 3.53. The summed E-state index contributed by atoms with van der Waals surface area (Å²) in [6, 6.07) is 1.92. The van der Waals surface area contributed by atoms with Gasteiger partial charge in [-0.25, -0.2) is 9.97 Å². The van der Waals surface area contributed by atoms with E-state index < -0.39 is 0 Å². The van der Waals surface area contributed by atoms with Crippen LogP contribution in [0.2, 0.25) is 0 Å². The van der Waals surface area contributed by atoms with E-state index in [0.717, 1.165) is 0 Å². The summed E-state index contributed by atoms with van der Waals surface area (Å²) in [6.07, 6.45) is 8.70. The molecule has 1 aromatic rings. The molecule has 1 aromatic heterocycles. The molecule has 3 heteroatoms. The standard InChI is InChI=1S/C10H11N3/c11-5-10-12-6-9(7-13-10)8-3-1-2-4-8/h6-8H,1-4H2. The van der Waals surface area contributed by atoms with Crippen LogP contribution in [0.5, 0.6) is 0 Å². The number of hydrogen-bond acceptors (Lipinski definition) is 3. The van der Waals surface area contributed by atoms with Gasteiger partial charge in [0.15, 0.2) is 0 Å². The maximum absolute atomic E-state index is 8.52. The summed E-state index contributed by atoms with van der Waals surface area (Å²) in [5.74, 6) is 0.898. The largest absolute Gasteiger partial charge is 0.232 e. The molecule has 1 saturated carbocycles. The summed E-state index contributed by atoms with van der Waals surface area (Å²) in [5, 5.41) is 8.52. The molecule has 0 radical (unpaired) electrons. The Morgan fingerprint density at radius 1 is 1.23 bits per heavy atom. The second-order valence-corrected chi connectivity index (χ2v) is 3.43. The lowest BCUT2D eigenvalue weighted by Crippen LogP contribution is -1.96. The maximum atomic E-state index is 8.52. The summed E-state index contributed by atoms with van der Waals surface area (Å²) >= 11 is 0. The van der Waals surface area contributed by atoms with Crippen molar-refractivity contribution in [3.8, 4) is 6.07 Å². The molecule has 1 aliphatic rings. The first-order valence-electron chi connectivity index (χ1n) is 4.62. The maximum Gasteiger partial charge on any atom is 0.232 e. The van der Waals surface area contributed by atoms with E-state index in [1.165, 1.54) is 31.2 Å². The third kappa shape index (κ3) is 1.67. The van der Waals surface area contributed by atoms with Crippen molar-refractivity contribution in [3.63, 3.8) is 0 Å². The van der Waals surface area contributed by atoms with Gasteiger partial charge in [-0.2, -0.15) is 5.26 Å². The van der Waals surface area contributed by atoms with E-state index in [4.69, 9.17) is 5.26 Å². The third-order valence-corrected chi connectivity index (χ3v) is 2.60. The van der Waals surface area contributed by atoms with Crippen LogP contribution in [0.1, 0.15) is 43.0 Å². The van der Waals surface area contributed by atoms with Crippen molar-refractivity contribution in [2.45, 2.75) is 31.6 Å². The molecule has 0 atom stereocenters. The van der Waals surface area contributed by atoms with Crippen molar-refractivity contribution >= 4 is 0 Å². The predicted molar refractivity (Wildman–Crippen MR) is 48.0 cm³/mol. The summed E-state index contributed by atoms with van der Waals surface area (Å²) in [5.41, 5.74) is 1.19. The molecule has 0 unspecified atom stereocenters. The molecular weight excluding hydrogens is 162 g/mol. The number of hydrogen-bond donors (Lipinski definition) is 0. The van der Waals surface area contributed by atoms with Crippen LogP contribution in [0.3, 0.4) is 0 Å². The third-order valence-electron chi connectivity index (χ3n) is 2.60. The minimum atomic E-state index is 0.266. The van der Waals surface area contributed by atoms with Gasteiger partial charge in [0.05, 0.1) is 0 Å². The molecule has 1 fully saturated rings. The van der Waals surface area contributed by atoms with E-state index in [1.54, 1.807) is 12.4 Å². The number of rotatable bonds is 1. The van der Waals surface area contributed by atoms with Gasteiger partial charge >= 0.3 is 0 Å². The summed E-state index contributed by atoms with van der Waals surface area (Å²) in [6.45, 7) is 0. The molecule has 0 saturated heterocycles. The first-order valence-corrected chi connectivity index (χ1v) is 4.62. The zero-order chi connectivity index (χ0) is 9.10. The monoisotopic (exact) mass is 173 g/mol. The lowest BCUT2D eigenvalue weighted by atomic mass is 10.0. The van der Waals surface area contributed by atoms with Gasteiger partial charge in [-0.05, 0) is 24.3 Å². The van der Waals surface area contributed by atoms with Gasteiger partial charge in [0.25, 0.3) is 0 Å². The van der Waals surface area contributed by atoms with Crippen molar-refractivity contribution in [2.75, 3.05) is 0 Å². The fourth-order valence-electron chi connectivity index (χ4n) is 1.87. The zero-order valence-electron chi connectivity index (χ0n) is 7.40. The highest BCUT2D eigenvalue weighted by molar-refractivity contribution is 5.17. The van der Waals surface area contributed by atoms with E-state index in [1.807, 2.05) is 6.07 Å². The van der Waals surface area contributed by atoms with E-state index in [0.29, 0.717) is 5.92 Å². The Morgan fingerprint density at radius 3 is 2.38 bits per heavy atom. The number of aromatic nitrogens is 2. The summed E-state index contributed by atoms with van der Waals surface area (Å²) in [4.78, 5) is 7.94. The highest BCUT2D eigenvalue weighted by Gasteiger charge is 2.17. The summed E-state index contributed by atoms with van der Waals surface area (Å²) in [7, 11) is 0. The second-order valence-electron chi connectivity index (χ2n) is 3.43. The molecule has 1 aliphatic carbocycles. The highest BCUT2D eigenvalue weighted by atomic mass is 14.9. The molecule has 2 rings (SSSR count). The Hall–Kier alpha value is -1.43. The molecule has 0 N–H and O–H groups in total. The van der Waals surface area contributed by atoms with Crippen molar-refractivity contribution < 1.29 is 0 Å². The molecule has 3 nitrogen and oxygen atoms in total. The fourth-order valence-corrected chi connectivity index (χ4v) is 1.87. The molecule has 0 spiro atoms. The fraction of sp³-hybridized carbons (Fsp3) is 0.500. The Balaban J connectivity index is 2.18. The van der Waals surface area contributed by atoms with Gasteiger partial charge in [-0.15, -0.1) is 0 Å². The lowest BCUT2D eigenvalue weighted by molar-refractivity contribution is 0.713. The van der Waals surface area contributed by atoms with E-state index in [-0.39, 0.29) is 5.82 Å². The van der Waals surface area contributed by atoms with Gasteiger partial charge in [0.1, 0.15) is 6.07 Å². The predicted octanol–water partition coefficient (Wildman–Crippen LogP) is 2.01. The van der Waals surface area contributed by atoms with Crippen molar-refractivity contribution in [1.82, 2.24) is 9.97 Å². The van der Waals surface area contributed by atoms with Crippen LogP contribution in [0.4, 0.5) is 0 Å². The van der Waals surface area contributed by atoms with E-state index in [9.17, 15) is 0 Å². The molecule has 66 valence electrons. The quantitative estimate of drug-likeness (QED) is 0.652. The van der Waals surface area contributed by atoms with Crippen LogP contribution in [0.15, 0.2) is 12.4 Å². The minimum absolute atomic E-state index is 0.266. The highest BCUT2D eigenvalue weighted by Crippen LogP contribution is 2.33. The molecule has 13 heavy (non-hydrogen) atoms. The SMILES string of the molecule is N#Cc1ncc(C2CCCC2)cn1. The topological polar surface area (TPSA) is 49.6 Å². The van der Waals surface area contributed by atoms with Crippen LogP contribution in [0, 0.1) is 11.3 Å². The first kappa shape index (κ1) is 8.18. The van der Waals surface area contributed by atoms with E-state index >= 15 is 0 Å².